The molecule has 1 heterocycles. The zero-order chi connectivity index (χ0) is 9.26. The fraction of sp³-hybridized carbons (Fsp3) is 0.556. The summed E-state index contributed by atoms with van der Waals surface area (Å²) < 4.78 is 1.83. The van der Waals surface area contributed by atoms with Crippen molar-refractivity contribution in [3.8, 4) is 0 Å². The number of carbonyl (C=O) groups is 1. The highest BCUT2D eigenvalue weighted by molar-refractivity contribution is 6.32. The van der Waals surface area contributed by atoms with E-state index < -0.39 is 0 Å². The minimum absolute atomic E-state index is 0.355. The lowest BCUT2D eigenvalue weighted by molar-refractivity contribution is 0.111. The average molecular weight is 199 g/mol. The summed E-state index contributed by atoms with van der Waals surface area (Å²) in [4.78, 5) is 10.5. The molecule has 0 aliphatic heterocycles. The molecule has 1 aromatic rings. The highest BCUT2D eigenvalue weighted by atomic mass is 35.5. The Morgan fingerprint density at radius 1 is 1.54 bits per heavy atom. The molecule has 0 saturated heterocycles. The molecule has 2 rings (SSSR count). The van der Waals surface area contributed by atoms with Crippen LogP contribution in [0.25, 0.3) is 0 Å². The van der Waals surface area contributed by atoms with E-state index in [9.17, 15) is 4.79 Å². The predicted octanol–water partition coefficient (Wildman–Crippen LogP) is 2.46. The molecule has 0 amide bonds. The van der Waals surface area contributed by atoms with Crippen LogP contribution in [0, 0.1) is 0 Å². The van der Waals surface area contributed by atoms with Gasteiger partial charge in [-0.3, -0.25) is 9.48 Å². The fourth-order valence-corrected chi connectivity index (χ4v) is 2.00. The zero-order valence-corrected chi connectivity index (χ0v) is 8.00. The molecule has 13 heavy (non-hydrogen) atoms. The molecular weight excluding hydrogens is 188 g/mol. The van der Waals surface area contributed by atoms with Crippen LogP contribution in [-0.4, -0.2) is 16.1 Å². The molecule has 4 heteroatoms. The van der Waals surface area contributed by atoms with Crippen LogP contribution in [0.1, 0.15) is 42.2 Å². The van der Waals surface area contributed by atoms with Gasteiger partial charge in [-0.2, -0.15) is 5.10 Å². The molecule has 0 spiro atoms. The number of hydrogen-bond donors (Lipinski definition) is 0. The summed E-state index contributed by atoms with van der Waals surface area (Å²) in [6.07, 6.45) is 7.25. The molecule has 0 radical (unpaired) electrons. The van der Waals surface area contributed by atoms with Gasteiger partial charge in [-0.1, -0.05) is 24.4 Å². The highest BCUT2D eigenvalue weighted by Crippen LogP contribution is 2.30. The Hall–Kier alpha value is -0.830. The van der Waals surface area contributed by atoms with Crippen LogP contribution in [0.4, 0.5) is 0 Å². The number of nitrogens with zero attached hydrogens (tertiary/aromatic N) is 2. The van der Waals surface area contributed by atoms with Gasteiger partial charge < -0.3 is 0 Å². The first-order valence-electron chi connectivity index (χ1n) is 4.51. The van der Waals surface area contributed by atoms with Crippen LogP contribution < -0.4 is 0 Å². The van der Waals surface area contributed by atoms with Crippen LogP contribution in [0.2, 0.25) is 5.02 Å². The van der Waals surface area contributed by atoms with Crippen molar-refractivity contribution < 1.29 is 4.79 Å². The Kier molecular flexibility index (Phi) is 2.36. The van der Waals surface area contributed by atoms with Crippen LogP contribution >= 0.6 is 11.6 Å². The van der Waals surface area contributed by atoms with Crippen molar-refractivity contribution in [2.45, 2.75) is 31.7 Å². The molecular formula is C9H11ClN2O. The van der Waals surface area contributed by atoms with Crippen molar-refractivity contribution >= 4 is 17.9 Å². The van der Waals surface area contributed by atoms with Crippen LogP contribution in [0.5, 0.6) is 0 Å². The van der Waals surface area contributed by atoms with E-state index in [0.29, 0.717) is 23.0 Å². The van der Waals surface area contributed by atoms with Crippen LogP contribution in [-0.2, 0) is 0 Å². The number of aldehydes is 1. The molecule has 70 valence electrons. The van der Waals surface area contributed by atoms with Gasteiger partial charge in [-0.15, -0.1) is 0 Å². The van der Waals surface area contributed by atoms with E-state index in [0.717, 1.165) is 12.8 Å². The maximum Gasteiger partial charge on any atom is 0.171 e. The molecule has 1 saturated carbocycles. The van der Waals surface area contributed by atoms with Gasteiger partial charge in [0.25, 0.3) is 0 Å². The van der Waals surface area contributed by atoms with Crippen LogP contribution in [0.15, 0.2) is 6.20 Å². The van der Waals surface area contributed by atoms with Crippen molar-refractivity contribution in [3.63, 3.8) is 0 Å². The third-order valence-electron chi connectivity index (χ3n) is 2.52. The Morgan fingerprint density at radius 3 is 2.77 bits per heavy atom. The van der Waals surface area contributed by atoms with Gasteiger partial charge in [0.05, 0.1) is 11.1 Å². The molecule has 1 aromatic heterocycles. The van der Waals surface area contributed by atoms with E-state index >= 15 is 0 Å². The van der Waals surface area contributed by atoms with Gasteiger partial charge >= 0.3 is 0 Å². The summed E-state index contributed by atoms with van der Waals surface area (Å²) in [5.74, 6) is 0. The average Bonchev–Trinajstić information content (AvgIpc) is 2.71. The second-order valence-electron chi connectivity index (χ2n) is 3.40. The van der Waals surface area contributed by atoms with Crippen molar-refractivity contribution in [3.05, 3.63) is 16.9 Å². The third kappa shape index (κ3) is 1.61. The van der Waals surface area contributed by atoms with E-state index in [4.69, 9.17) is 11.6 Å². The summed E-state index contributed by atoms with van der Waals surface area (Å²) in [5, 5.41) is 4.59. The number of rotatable bonds is 2. The lowest BCUT2D eigenvalue weighted by atomic mass is 10.3. The van der Waals surface area contributed by atoms with Gasteiger partial charge in [0, 0.05) is 6.20 Å². The van der Waals surface area contributed by atoms with E-state index in [-0.39, 0.29) is 0 Å². The molecule has 0 bridgehead atoms. The van der Waals surface area contributed by atoms with Gasteiger partial charge in [0.1, 0.15) is 5.69 Å². The third-order valence-corrected chi connectivity index (χ3v) is 2.82. The Morgan fingerprint density at radius 2 is 2.23 bits per heavy atom. The maximum atomic E-state index is 10.5. The zero-order valence-electron chi connectivity index (χ0n) is 7.24. The SMILES string of the molecule is O=Cc1nn(C2CCCC2)cc1Cl. The Labute approximate surface area is 81.7 Å². The van der Waals surface area contributed by atoms with Gasteiger partial charge in [0.2, 0.25) is 0 Å². The lowest BCUT2D eigenvalue weighted by Gasteiger charge is -2.07. The van der Waals surface area contributed by atoms with Crippen molar-refractivity contribution in [1.29, 1.82) is 0 Å². The molecule has 0 unspecified atom stereocenters. The maximum absolute atomic E-state index is 10.5. The molecule has 3 nitrogen and oxygen atoms in total. The van der Waals surface area contributed by atoms with Gasteiger partial charge in [-0.25, -0.2) is 0 Å². The monoisotopic (exact) mass is 198 g/mol. The van der Waals surface area contributed by atoms with Crippen molar-refractivity contribution in [1.82, 2.24) is 9.78 Å². The first kappa shape index (κ1) is 8.75. The Balaban J connectivity index is 2.24. The quantitative estimate of drug-likeness (QED) is 0.685. The molecule has 1 fully saturated rings. The van der Waals surface area contributed by atoms with Crippen LogP contribution in [0.3, 0.4) is 0 Å². The first-order valence-corrected chi connectivity index (χ1v) is 4.89. The lowest BCUT2D eigenvalue weighted by Crippen LogP contribution is -2.05. The minimum atomic E-state index is 0.355. The van der Waals surface area contributed by atoms with E-state index in [2.05, 4.69) is 5.10 Å². The number of hydrogen-bond acceptors (Lipinski definition) is 2. The van der Waals surface area contributed by atoms with Crippen molar-refractivity contribution in [2.24, 2.45) is 0 Å². The second kappa shape index (κ2) is 3.50. The first-order chi connectivity index (χ1) is 6.31. The summed E-state index contributed by atoms with van der Waals surface area (Å²) in [6.45, 7) is 0. The predicted molar refractivity (Wildman–Crippen MR) is 50.1 cm³/mol. The summed E-state index contributed by atoms with van der Waals surface area (Å²) >= 11 is 5.81. The van der Waals surface area contributed by atoms with E-state index in [1.165, 1.54) is 12.8 Å². The summed E-state index contributed by atoms with van der Waals surface area (Å²) in [7, 11) is 0. The number of aromatic nitrogens is 2. The smallest absolute Gasteiger partial charge is 0.171 e. The Bertz CT molecular complexity index is 315. The molecule has 1 aliphatic carbocycles. The number of carbonyl (C=O) groups excluding carboxylic acids is 1. The van der Waals surface area contributed by atoms with E-state index in [1.807, 2.05) is 4.68 Å². The van der Waals surface area contributed by atoms with E-state index in [1.54, 1.807) is 6.20 Å². The molecule has 0 aromatic carbocycles. The second-order valence-corrected chi connectivity index (χ2v) is 3.81. The molecule has 0 N–H and O–H groups in total. The van der Waals surface area contributed by atoms with Gasteiger partial charge in [-0.05, 0) is 12.8 Å². The summed E-state index contributed by atoms with van der Waals surface area (Å²) in [5.41, 5.74) is 0.355. The largest absolute Gasteiger partial charge is 0.296 e. The topological polar surface area (TPSA) is 34.9 Å². The molecule has 0 atom stereocenters. The normalized spacial score (nSPS) is 17.9. The summed E-state index contributed by atoms with van der Waals surface area (Å²) in [6, 6.07) is 0.450. The number of halogens is 1. The minimum Gasteiger partial charge on any atom is -0.296 e. The molecule has 1 aliphatic rings. The highest BCUT2D eigenvalue weighted by Gasteiger charge is 2.18. The standard InChI is InChI=1S/C9H11ClN2O/c10-8-5-12(11-9(8)6-13)7-3-1-2-4-7/h5-7H,1-4H2. The van der Waals surface area contributed by atoms with Gasteiger partial charge in [0.15, 0.2) is 6.29 Å². The van der Waals surface area contributed by atoms with Crippen molar-refractivity contribution in [2.75, 3.05) is 0 Å². The fourth-order valence-electron chi connectivity index (χ4n) is 1.82.